The molecule has 0 fully saturated rings. The van der Waals surface area contributed by atoms with Gasteiger partial charge in [0.25, 0.3) is 0 Å². The molecule has 1 aliphatic rings. The quantitative estimate of drug-likeness (QED) is 0.776. The molecule has 19 heavy (non-hydrogen) atoms. The first-order valence-electron chi connectivity index (χ1n) is 5.80. The third-order valence-corrected chi connectivity index (χ3v) is 2.76. The maximum absolute atomic E-state index is 12.8. The lowest BCUT2D eigenvalue weighted by atomic mass is 10.1. The predicted molar refractivity (Wildman–Crippen MR) is 65.1 cm³/mol. The lowest BCUT2D eigenvalue weighted by molar-refractivity contribution is 0.103. The molecule has 0 atom stereocenters. The Hall–Kier alpha value is -2.43. The van der Waals surface area contributed by atoms with Crippen LogP contribution in [0.2, 0.25) is 0 Å². The Bertz CT molecular complexity index is 625. The molecule has 0 bridgehead atoms. The summed E-state index contributed by atoms with van der Waals surface area (Å²) in [5, 5.41) is 0. The van der Waals surface area contributed by atoms with Crippen molar-refractivity contribution >= 4 is 5.78 Å². The van der Waals surface area contributed by atoms with Gasteiger partial charge in [-0.05, 0) is 30.3 Å². The van der Waals surface area contributed by atoms with Gasteiger partial charge in [-0.3, -0.25) is 4.79 Å². The molecule has 1 aromatic carbocycles. The second-order valence-electron chi connectivity index (χ2n) is 4.05. The van der Waals surface area contributed by atoms with E-state index < -0.39 is 5.82 Å². The van der Waals surface area contributed by atoms with Crippen LogP contribution in [0.5, 0.6) is 11.5 Å². The van der Waals surface area contributed by atoms with Gasteiger partial charge in [-0.15, -0.1) is 0 Å². The molecule has 0 aliphatic carbocycles. The summed E-state index contributed by atoms with van der Waals surface area (Å²) >= 11 is 0. The van der Waals surface area contributed by atoms with E-state index in [9.17, 15) is 9.18 Å². The van der Waals surface area contributed by atoms with Gasteiger partial charge in [0.2, 0.25) is 5.78 Å². The molecule has 1 aliphatic heterocycles. The smallest absolute Gasteiger partial charge is 0.211 e. The van der Waals surface area contributed by atoms with E-state index in [1.54, 1.807) is 18.2 Å². The zero-order valence-corrected chi connectivity index (χ0v) is 9.93. The van der Waals surface area contributed by atoms with Gasteiger partial charge in [-0.1, -0.05) is 0 Å². The Morgan fingerprint density at radius 1 is 1.11 bits per heavy atom. The minimum absolute atomic E-state index is 0.193. The van der Waals surface area contributed by atoms with Crippen molar-refractivity contribution in [2.45, 2.75) is 0 Å². The molecule has 3 rings (SSSR count). The second-order valence-corrected chi connectivity index (χ2v) is 4.05. The Kier molecular flexibility index (Phi) is 2.87. The molecular weight excluding hydrogens is 249 g/mol. The monoisotopic (exact) mass is 259 g/mol. The maximum Gasteiger partial charge on any atom is 0.211 e. The molecule has 1 aromatic heterocycles. The van der Waals surface area contributed by atoms with Crippen molar-refractivity contribution in [2.75, 3.05) is 13.2 Å². The molecule has 0 radical (unpaired) electrons. The highest BCUT2D eigenvalue weighted by Gasteiger charge is 2.16. The van der Waals surface area contributed by atoms with Gasteiger partial charge in [0.05, 0.1) is 6.20 Å². The van der Waals surface area contributed by atoms with Crippen LogP contribution in [0.25, 0.3) is 0 Å². The number of hydrogen-bond donors (Lipinski definition) is 0. The first-order chi connectivity index (χ1) is 9.24. The van der Waals surface area contributed by atoms with E-state index in [0.29, 0.717) is 30.3 Å². The van der Waals surface area contributed by atoms with Gasteiger partial charge >= 0.3 is 0 Å². The van der Waals surface area contributed by atoms with Gasteiger partial charge in [0.1, 0.15) is 24.7 Å². The van der Waals surface area contributed by atoms with E-state index in [1.165, 1.54) is 12.1 Å². The summed E-state index contributed by atoms with van der Waals surface area (Å²) in [7, 11) is 0. The first kappa shape index (κ1) is 11.6. The van der Waals surface area contributed by atoms with Crippen molar-refractivity contribution < 1.29 is 18.7 Å². The molecule has 0 saturated carbocycles. The molecule has 0 N–H and O–H groups in total. The summed E-state index contributed by atoms with van der Waals surface area (Å²) in [6.45, 7) is 0.958. The number of halogens is 1. The number of rotatable bonds is 2. The molecule has 96 valence electrons. The van der Waals surface area contributed by atoms with Gasteiger partial charge in [0, 0.05) is 5.56 Å². The average Bonchev–Trinajstić information content (AvgIpc) is 2.47. The van der Waals surface area contributed by atoms with Crippen molar-refractivity contribution in [3.8, 4) is 11.5 Å². The van der Waals surface area contributed by atoms with Crippen LogP contribution >= 0.6 is 0 Å². The number of carbonyl (C=O) groups is 1. The van der Waals surface area contributed by atoms with E-state index in [1.807, 2.05) is 0 Å². The minimum Gasteiger partial charge on any atom is -0.486 e. The Morgan fingerprint density at radius 3 is 2.63 bits per heavy atom. The number of hydrogen-bond acceptors (Lipinski definition) is 4. The molecular formula is C14H10FNO3. The summed E-state index contributed by atoms with van der Waals surface area (Å²) < 4.78 is 23.6. The van der Waals surface area contributed by atoms with Gasteiger partial charge < -0.3 is 9.47 Å². The number of carbonyl (C=O) groups excluding carboxylic acids is 1. The maximum atomic E-state index is 12.8. The molecule has 2 aromatic rings. The normalized spacial score (nSPS) is 13.1. The van der Waals surface area contributed by atoms with Crippen LogP contribution in [0.3, 0.4) is 0 Å². The van der Waals surface area contributed by atoms with E-state index >= 15 is 0 Å². The standard InChI is InChI=1S/C14H10FNO3/c15-10-2-3-11(16-8-10)14(17)9-1-4-12-13(7-9)19-6-5-18-12/h1-4,7-8H,5-6H2. The summed E-state index contributed by atoms with van der Waals surface area (Å²) in [6, 6.07) is 7.50. The molecule has 0 saturated heterocycles. The minimum atomic E-state index is -0.473. The van der Waals surface area contributed by atoms with Gasteiger partial charge in [-0.25, -0.2) is 9.37 Å². The van der Waals surface area contributed by atoms with Crippen molar-refractivity contribution in [3.63, 3.8) is 0 Å². The number of ether oxygens (including phenoxy) is 2. The van der Waals surface area contributed by atoms with Crippen LogP contribution < -0.4 is 9.47 Å². The lowest BCUT2D eigenvalue weighted by Gasteiger charge is -2.18. The molecule has 0 amide bonds. The highest BCUT2D eigenvalue weighted by Crippen LogP contribution is 2.31. The largest absolute Gasteiger partial charge is 0.486 e. The van der Waals surface area contributed by atoms with E-state index in [-0.39, 0.29) is 11.5 Å². The van der Waals surface area contributed by atoms with Crippen LogP contribution in [0, 0.1) is 5.82 Å². The van der Waals surface area contributed by atoms with E-state index in [2.05, 4.69) is 4.98 Å². The van der Waals surface area contributed by atoms with Crippen LogP contribution in [-0.2, 0) is 0 Å². The Labute approximate surface area is 108 Å². The number of benzene rings is 1. The Morgan fingerprint density at radius 2 is 1.89 bits per heavy atom. The van der Waals surface area contributed by atoms with E-state index in [0.717, 1.165) is 6.20 Å². The summed E-state index contributed by atoms with van der Waals surface area (Å²) in [6.07, 6.45) is 1.02. The molecule has 5 heteroatoms. The average molecular weight is 259 g/mol. The second kappa shape index (κ2) is 4.68. The molecule has 0 unspecified atom stereocenters. The number of fused-ring (bicyclic) bond motifs is 1. The van der Waals surface area contributed by atoms with Crippen molar-refractivity contribution in [1.29, 1.82) is 0 Å². The highest BCUT2D eigenvalue weighted by molar-refractivity contribution is 6.08. The van der Waals surface area contributed by atoms with Gasteiger partial charge in [-0.2, -0.15) is 0 Å². The SMILES string of the molecule is O=C(c1ccc2c(c1)OCCO2)c1ccc(F)cn1. The predicted octanol–water partition coefficient (Wildman–Crippen LogP) is 2.22. The summed E-state index contributed by atoms with van der Waals surface area (Å²) in [4.78, 5) is 15.9. The van der Waals surface area contributed by atoms with Crippen LogP contribution in [-0.4, -0.2) is 24.0 Å². The number of pyridine rings is 1. The number of ketones is 1. The summed E-state index contributed by atoms with van der Waals surface area (Å²) in [5.74, 6) is 0.407. The van der Waals surface area contributed by atoms with Gasteiger partial charge in [0.15, 0.2) is 11.5 Å². The first-order valence-corrected chi connectivity index (χ1v) is 5.80. The fourth-order valence-corrected chi connectivity index (χ4v) is 1.84. The van der Waals surface area contributed by atoms with Crippen LogP contribution in [0.1, 0.15) is 16.1 Å². The lowest BCUT2D eigenvalue weighted by Crippen LogP contribution is -2.16. The highest BCUT2D eigenvalue weighted by atomic mass is 19.1. The third-order valence-electron chi connectivity index (χ3n) is 2.76. The third kappa shape index (κ3) is 2.27. The van der Waals surface area contributed by atoms with Crippen LogP contribution in [0.4, 0.5) is 4.39 Å². The van der Waals surface area contributed by atoms with Crippen LogP contribution in [0.15, 0.2) is 36.5 Å². The van der Waals surface area contributed by atoms with Crippen molar-refractivity contribution in [1.82, 2.24) is 4.98 Å². The molecule has 4 nitrogen and oxygen atoms in total. The molecule has 0 spiro atoms. The zero-order valence-electron chi connectivity index (χ0n) is 9.93. The zero-order chi connectivity index (χ0) is 13.2. The summed E-state index contributed by atoms with van der Waals surface area (Å²) in [5.41, 5.74) is 0.626. The van der Waals surface area contributed by atoms with Crippen molar-refractivity contribution in [2.24, 2.45) is 0 Å². The number of aromatic nitrogens is 1. The van der Waals surface area contributed by atoms with Crippen molar-refractivity contribution in [3.05, 3.63) is 53.6 Å². The fraction of sp³-hybridized carbons (Fsp3) is 0.143. The fourth-order valence-electron chi connectivity index (χ4n) is 1.84. The van der Waals surface area contributed by atoms with E-state index in [4.69, 9.17) is 9.47 Å². The Balaban J connectivity index is 1.93. The number of nitrogens with zero attached hydrogens (tertiary/aromatic N) is 1. The topological polar surface area (TPSA) is 48.4 Å². The molecule has 2 heterocycles.